The molecule has 1 fully saturated rings. The van der Waals surface area contributed by atoms with E-state index in [2.05, 4.69) is 5.32 Å². The summed E-state index contributed by atoms with van der Waals surface area (Å²) in [7, 11) is 0. The standard InChI is InChI=1S/C19H32N4O8/c1-4-9(2)14(20)18(29)23-7-5-6-12(23)17(28)21-11(8-13(25)26)16(27)22-15(10(3)24)19(30)31/h9-12,14-15,24H,4-8,20H2,1-3H3,(H,21,28)(H,22,27)(H,25,26)(H,30,31). The molecule has 3 amide bonds. The lowest BCUT2D eigenvalue weighted by Crippen LogP contribution is -2.58. The van der Waals surface area contributed by atoms with Crippen molar-refractivity contribution in [2.75, 3.05) is 6.54 Å². The Hall–Kier alpha value is -2.73. The van der Waals surface area contributed by atoms with E-state index in [1.54, 1.807) is 0 Å². The SMILES string of the molecule is CCC(C)C(N)C(=O)N1CCCC1C(=O)NC(CC(=O)O)C(=O)NC(C(=O)O)C(C)O. The maximum Gasteiger partial charge on any atom is 0.328 e. The minimum absolute atomic E-state index is 0.101. The fraction of sp³-hybridized carbons (Fsp3) is 0.737. The molecule has 1 heterocycles. The zero-order chi connectivity index (χ0) is 23.9. The quantitative estimate of drug-likeness (QED) is 0.214. The highest BCUT2D eigenvalue weighted by Crippen LogP contribution is 2.21. The number of nitrogens with zero attached hydrogens (tertiary/aromatic N) is 1. The van der Waals surface area contributed by atoms with E-state index in [9.17, 15) is 29.1 Å². The number of hydrogen-bond acceptors (Lipinski definition) is 7. The summed E-state index contributed by atoms with van der Waals surface area (Å²) in [6.07, 6.45) is -0.732. The highest BCUT2D eigenvalue weighted by molar-refractivity contribution is 5.96. The molecule has 12 heteroatoms. The van der Waals surface area contributed by atoms with Crippen LogP contribution in [0.2, 0.25) is 0 Å². The van der Waals surface area contributed by atoms with E-state index in [1.165, 1.54) is 4.90 Å². The Labute approximate surface area is 180 Å². The second kappa shape index (κ2) is 11.6. The van der Waals surface area contributed by atoms with Crippen LogP contribution < -0.4 is 16.4 Å². The van der Waals surface area contributed by atoms with E-state index in [0.717, 1.165) is 6.92 Å². The van der Waals surface area contributed by atoms with E-state index >= 15 is 0 Å². The van der Waals surface area contributed by atoms with Gasteiger partial charge < -0.3 is 36.6 Å². The predicted molar refractivity (Wildman–Crippen MR) is 108 cm³/mol. The van der Waals surface area contributed by atoms with Gasteiger partial charge in [0.25, 0.3) is 0 Å². The van der Waals surface area contributed by atoms with Gasteiger partial charge in [-0.15, -0.1) is 0 Å². The molecule has 6 unspecified atom stereocenters. The summed E-state index contributed by atoms with van der Waals surface area (Å²) in [6, 6.07) is -4.98. The van der Waals surface area contributed by atoms with Gasteiger partial charge in [-0.2, -0.15) is 0 Å². The minimum atomic E-state index is -1.68. The Balaban J connectivity index is 2.95. The number of carboxylic acids is 2. The first kappa shape index (κ1) is 26.3. The molecular weight excluding hydrogens is 412 g/mol. The van der Waals surface area contributed by atoms with Gasteiger partial charge in [-0.1, -0.05) is 20.3 Å². The molecule has 0 aromatic heterocycles. The first-order valence-electron chi connectivity index (χ1n) is 10.2. The van der Waals surface area contributed by atoms with Crippen molar-refractivity contribution in [1.29, 1.82) is 0 Å². The smallest absolute Gasteiger partial charge is 0.328 e. The predicted octanol–water partition coefficient (Wildman–Crippen LogP) is -1.74. The van der Waals surface area contributed by atoms with Crippen molar-refractivity contribution in [3.8, 4) is 0 Å². The van der Waals surface area contributed by atoms with Crippen molar-refractivity contribution in [2.24, 2.45) is 11.7 Å². The van der Waals surface area contributed by atoms with Gasteiger partial charge in [-0.3, -0.25) is 19.2 Å². The number of carboxylic acid groups (broad SMARTS) is 2. The summed E-state index contributed by atoms with van der Waals surface area (Å²) in [6.45, 7) is 5.16. The molecule has 0 aliphatic carbocycles. The van der Waals surface area contributed by atoms with Gasteiger partial charge in [0.2, 0.25) is 17.7 Å². The van der Waals surface area contributed by atoms with Crippen molar-refractivity contribution in [2.45, 2.75) is 76.7 Å². The minimum Gasteiger partial charge on any atom is -0.481 e. The van der Waals surface area contributed by atoms with E-state index in [-0.39, 0.29) is 5.92 Å². The molecule has 6 atom stereocenters. The summed E-state index contributed by atoms with van der Waals surface area (Å²) >= 11 is 0. The molecule has 176 valence electrons. The lowest BCUT2D eigenvalue weighted by molar-refractivity contribution is -0.146. The number of rotatable bonds is 11. The Kier molecular flexibility index (Phi) is 9.85. The van der Waals surface area contributed by atoms with Crippen LogP contribution in [0.3, 0.4) is 0 Å². The number of aliphatic hydroxyl groups is 1. The average molecular weight is 444 g/mol. The molecule has 12 nitrogen and oxygen atoms in total. The van der Waals surface area contributed by atoms with Gasteiger partial charge in [0.05, 0.1) is 18.6 Å². The largest absolute Gasteiger partial charge is 0.481 e. The molecule has 1 rings (SSSR count). The molecule has 0 aromatic rings. The third-order valence-corrected chi connectivity index (χ3v) is 5.44. The molecule has 1 aliphatic rings. The first-order chi connectivity index (χ1) is 14.4. The first-order valence-corrected chi connectivity index (χ1v) is 10.2. The van der Waals surface area contributed by atoms with Crippen molar-refractivity contribution in [3.63, 3.8) is 0 Å². The van der Waals surface area contributed by atoms with Crippen molar-refractivity contribution < 1.29 is 39.3 Å². The van der Waals surface area contributed by atoms with Crippen LogP contribution in [0, 0.1) is 5.92 Å². The van der Waals surface area contributed by atoms with Crippen molar-refractivity contribution >= 4 is 29.7 Å². The molecule has 31 heavy (non-hydrogen) atoms. The van der Waals surface area contributed by atoms with Crippen LogP contribution in [0.5, 0.6) is 0 Å². The number of aliphatic hydroxyl groups excluding tert-OH is 1. The normalized spacial score (nSPS) is 20.8. The van der Waals surface area contributed by atoms with Crippen LogP contribution in [-0.2, 0) is 24.0 Å². The fourth-order valence-corrected chi connectivity index (χ4v) is 3.29. The molecule has 0 spiro atoms. The number of aliphatic carboxylic acids is 2. The van der Waals surface area contributed by atoms with Gasteiger partial charge in [0, 0.05) is 6.54 Å². The third-order valence-electron chi connectivity index (χ3n) is 5.44. The monoisotopic (exact) mass is 444 g/mol. The second-order valence-electron chi connectivity index (χ2n) is 7.83. The maximum absolute atomic E-state index is 12.8. The van der Waals surface area contributed by atoms with Gasteiger partial charge in [-0.05, 0) is 25.7 Å². The third kappa shape index (κ3) is 7.17. The van der Waals surface area contributed by atoms with E-state index in [4.69, 9.17) is 15.9 Å². The lowest BCUT2D eigenvalue weighted by atomic mass is 9.98. The van der Waals surface area contributed by atoms with Crippen LogP contribution in [0.4, 0.5) is 0 Å². The van der Waals surface area contributed by atoms with Crippen LogP contribution in [0.25, 0.3) is 0 Å². The van der Waals surface area contributed by atoms with E-state index in [0.29, 0.717) is 25.8 Å². The highest BCUT2D eigenvalue weighted by atomic mass is 16.4. The average Bonchev–Trinajstić information content (AvgIpc) is 3.18. The molecule has 7 N–H and O–H groups in total. The topological polar surface area (TPSA) is 199 Å². The number of hydrogen-bond donors (Lipinski definition) is 6. The molecule has 0 radical (unpaired) electrons. The number of nitrogens with two attached hydrogens (primary N) is 1. The number of carbonyl (C=O) groups is 5. The van der Waals surface area contributed by atoms with Crippen LogP contribution >= 0.6 is 0 Å². The zero-order valence-electron chi connectivity index (χ0n) is 17.9. The van der Waals surface area contributed by atoms with Gasteiger partial charge >= 0.3 is 11.9 Å². The van der Waals surface area contributed by atoms with Crippen LogP contribution in [0.15, 0.2) is 0 Å². The van der Waals surface area contributed by atoms with Gasteiger partial charge in [0.15, 0.2) is 6.04 Å². The summed E-state index contributed by atoms with van der Waals surface area (Å²) in [5, 5.41) is 32.0. The molecular formula is C19H32N4O8. The molecule has 0 aromatic carbocycles. The van der Waals surface area contributed by atoms with Crippen LogP contribution in [-0.4, -0.2) is 86.7 Å². The van der Waals surface area contributed by atoms with Gasteiger partial charge in [-0.25, -0.2) is 4.79 Å². The summed E-state index contributed by atoms with van der Waals surface area (Å²) in [5.41, 5.74) is 6.00. The molecule has 1 aliphatic heterocycles. The number of nitrogens with one attached hydrogen (secondary N) is 2. The van der Waals surface area contributed by atoms with Gasteiger partial charge in [0.1, 0.15) is 12.1 Å². The summed E-state index contributed by atoms with van der Waals surface area (Å²) in [4.78, 5) is 61.6. The van der Waals surface area contributed by atoms with E-state index in [1.807, 2.05) is 19.2 Å². The van der Waals surface area contributed by atoms with Crippen LogP contribution in [0.1, 0.15) is 46.5 Å². The number of likely N-dealkylation sites (tertiary alicyclic amines) is 1. The molecule has 1 saturated heterocycles. The Bertz CT molecular complexity index is 698. The van der Waals surface area contributed by atoms with E-state index < -0.39 is 66.4 Å². The highest BCUT2D eigenvalue weighted by Gasteiger charge is 2.39. The summed E-state index contributed by atoms with van der Waals surface area (Å²) < 4.78 is 0. The Morgan fingerprint density at radius 1 is 1.13 bits per heavy atom. The lowest BCUT2D eigenvalue weighted by Gasteiger charge is -2.30. The zero-order valence-corrected chi connectivity index (χ0v) is 17.9. The molecule has 0 saturated carbocycles. The maximum atomic E-state index is 12.8. The number of amides is 3. The fourth-order valence-electron chi connectivity index (χ4n) is 3.29. The Morgan fingerprint density at radius 2 is 1.74 bits per heavy atom. The summed E-state index contributed by atoms with van der Waals surface area (Å²) in [5.74, 6) is -5.22. The molecule has 0 bridgehead atoms. The van der Waals surface area contributed by atoms with Crippen molar-refractivity contribution in [1.82, 2.24) is 15.5 Å². The second-order valence-corrected chi connectivity index (χ2v) is 7.83. The Morgan fingerprint density at radius 3 is 2.23 bits per heavy atom. The number of carbonyl (C=O) groups excluding carboxylic acids is 3. The van der Waals surface area contributed by atoms with Crippen molar-refractivity contribution in [3.05, 3.63) is 0 Å².